The maximum Gasteiger partial charge on any atom is 0.231 e. The van der Waals surface area contributed by atoms with E-state index in [0.717, 1.165) is 32.9 Å². The van der Waals surface area contributed by atoms with Crippen molar-refractivity contribution in [2.75, 3.05) is 12.1 Å². The molecule has 3 rings (SSSR count). The summed E-state index contributed by atoms with van der Waals surface area (Å²) in [5.74, 6) is 2.50. The Balaban J connectivity index is 1.78. The summed E-state index contributed by atoms with van der Waals surface area (Å²) >= 11 is 3.41. The standard InChI is InChI=1S/C14H13BrN2O2/c1-9-5-11(15)7-17-14(9)16-6-10-3-2-4-12-13(10)19-8-18-12/h2-5,7H,6,8H2,1H3,(H,16,17). The van der Waals surface area contributed by atoms with Gasteiger partial charge in [-0.05, 0) is 40.5 Å². The highest BCUT2D eigenvalue weighted by Crippen LogP contribution is 2.35. The quantitative estimate of drug-likeness (QED) is 0.940. The van der Waals surface area contributed by atoms with Crippen molar-refractivity contribution in [2.45, 2.75) is 13.5 Å². The molecular weight excluding hydrogens is 308 g/mol. The molecule has 4 nitrogen and oxygen atoms in total. The molecule has 1 aliphatic heterocycles. The van der Waals surface area contributed by atoms with Gasteiger partial charge in [-0.2, -0.15) is 0 Å². The molecule has 1 N–H and O–H groups in total. The first kappa shape index (κ1) is 12.3. The van der Waals surface area contributed by atoms with Gasteiger partial charge >= 0.3 is 0 Å². The van der Waals surface area contributed by atoms with Crippen LogP contribution in [0.15, 0.2) is 34.9 Å². The SMILES string of the molecule is Cc1cc(Br)cnc1NCc1cccc2c1OCO2. The normalized spacial score (nSPS) is 12.5. The van der Waals surface area contributed by atoms with E-state index in [4.69, 9.17) is 9.47 Å². The lowest BCUT2D eigenvalue weighted by Gasteiger charge is -2.10. The van der Waals surface area contributed by atoms with E-state index in [1.807, 2.05) is 31.2 Å². The molecule has 0 unspecified atom stereocenters. The zero-order chi connectivity index (χ0) is 13.2. The first-order valence-electron chi connectivity index (χ1n) is 5.97. The molecule has 0 amide bonds. The summed E-state index contributed by atoms with van der Waals surface area (Å²) in [6.07, 6.45) is 1.78. The van der Waals surface area contributed by atoms with Crippen molar-refractivity contribution in [3.63, 3.8) is 0 Å². The monoisotopic (exact) mass is 320 g/mol. The number of para-hydroxylation sites is 1. The molecule has 2 heterocycles. The van der Waals surface area contributed by atoms with Crippen LogP contribution in [0.25, 0.3) is 0 Å². The Kier molecular flexibility index (Phi) is 3.29. The highest BCUT2D eigenvalue weighted by Gasteiger charge is 2.16. The maximum absolute atomic E-state index is 5.48. The molecule has 1 aromatic heterocycles. The molecule has 5 heteroatoms. The van der Waals surface area contributed by atoms with Crippen LogP contribution in [0.3, 0.4) is 0 Å². The van der Waals surface area contributed by atoms with Crippen molar-refractivity contribution < 1.29 is 9.47 Å². The Hall–Kier alpha value is -1.75. The number of nitrogens with zero attached hydrogens (tertiary/aromatic N) is 1. The second kappa shape index (κ2) is 5.09. The van der Waals surface area contributed by atoms with Gasteiger partial charge in [0.1, 0.15) is 5.82 Å². The third kappa shape index (κ3) is 2.51. The summed E-state index contributed by atoms with van der Waals surface area (Å²) in [4.78, 5) is 4.36. The number of halogens is 1. The number of anilines is 1. The van der Waals surface area contributed by atoms with Gasteiger partial charge in [0.05, 0.1) is 0 Å². The van der Waals surface area contributed by atoms with Gasteiger partial charge in [-0.15, -0.1) is 0 Å². The molecule has 0 aliphatic carbocycles. The molecular formula is C14H13BrN2O2. The van der Waals surface area contributed by atoms with Crippen LogP contribution in [-0.2, 0) is 6.54 Å². The Morgan fingerprint density at radius 3 is 3.11 bits per heavy atom. The second-order valence-electron chi connectivity index (χ2n) is 4.32. The predicted octanol–water partition coefficient (Wildman–Crippen LogP) is 3.49. The molecule has 0 bridgehead atoms. The van der Waals surface area contributed by atoms with Crippen molar-refractivity contribution in [3.05, 3.63) is 46.1 Å². The van der Waals surface area contributed by atoms with E-state index in [1.165, 1.54) is 0 Å². The molecule has 0 radical (unpaired) electrons. The number of rotatable bonds is 3. The van der Waals surface area contributed by atoms with E-state index in [9.17, 15) is 0 Å². The van der Waals surface area contributed by atoms with E-state index < -0.39 is 0 Å². The van der Waals surface area contributed by atoms with E-state index in [0.29, 0.717) is 13.3 Å². The van der Waals surface area contributed by atoms with Gasteiger partial charge in [-0.25, -0.2) is 4.98 Å². The first-order valence-corrected chi connectivity index (χ1v) is 6.77. The smallest absolute Gasteiger partial charge is 0.231 e. The molecule has 0 saturated carbocycles. The van der Waals surface area contributed by atoms with Crippen LogP contribution >= 0.6 is 15.9 Å². The minimum atomic E-state index is 0.294. The first-order chi connectivity index (χ1) is 9.24. The topological polar surface area (TPSA) is 43.4 Å². The van der Waals surface area contributed by atoms with Gasteiger partial charge in [-0.1, -0.05) is 12.1 Å². The van der Waals surface area contributed by atoms with Crippen LogP contribution in [0.2, 0.25) is 0 Å². The zero-order valence-electron chi connectivity index (χ0n) is 10.4. The van der Waals surface area contributed by atoms with Gasteiger partial charge in [0.2, 0.25) is 6.79 Å². The molecule has 0 spiro atoms. The number of ether oxygens (including phenoxy) is 2. The van der Waals surface area contributed by atoms with Gasteiger partial charge < -0.3 is 14.8 Å². The van der Waals surface area contributed by atoms with Crippen LogP contribution in [0.1, 0.15) is 11.1 Å². The van der Waals surface area contributed by atoms with E-state index in [1.54, 1.807) is 6.20 Å². The van der Waals surface area contributed by atoms with Gasteiger partial charge in [0, 0.05) is 22.8 Å². The van der Waals surface area contributed by atoms with Crippen LogP contribution < -0.4 is 14.8 Å². The summed E-state index contributed by atoms with van der Waals surface area (Å²) in [7, 11) is 0. The fraction of sp³-hybridized carbons (Fsp3) is 0.214. The largest absolute Gasteiger partial charge is 0.454 e. The van der Waals surface area contributed by atoms with Crippen LogP contribution in [-0.4, -0.2) is 11.8 Å². The van der Waals surface area contributed by atoms with Crippen molar-refractivity contribution >= 4 is 21.7 Å². The van der Waals surface area contributed by atoms with Crippen molar-refractivity contribution in [1.29, 1.82) is 0 Å². The molecule has 2 aromatic rings. The average Bonchev–Trinajstić information content (AvgIpc) is 2.86. The molecule has 0 saturated heterocycles. The zero-order valence-corrected chi connectivity index (χ0v) is 12.0. The summed E-state index contributed by atoms with van der Waals surface area (Å²) < 4.78 is 11.8. The lowest BCUT2D eigenvalue weighted by atomic mass is 10.2. The summed E-state index contributed by atoms with van der Waals surface area (Å²) in [5, 5.41) is 3.32. The predicted molar refractivity (Wildman–Crippen MR) is 76.6 cm³/mol. The minimum Gasteiger partial charge on any atom is -0.454 e. The minimum absolute atomic E-state index is 0.294. The summed E-state index contributed by atoms with van der Waals surface area (Å²) in [6.45, 7) is 2.97. The molecule has 1 aromatic carbocycles. The van der Waals surface area contributed by atoms with Gasteiger partial charge in [-0.3, -0.25) is 0 Å². The van der Waals surface area contributed by atoms with Gasteiger partial charge in [0.15, 0.2) is 11.5 Å². The highest BCUT2D eigenvalue weighted by molar-refractivity contribution is 9.10. The van der Waals surface area contributed by atoms with Crippen LogP contribution in [0, 0.1) is 6.92 Å². The van der Waals surface area contributed by atoms with E-state index >= 15 is 0 Å². The number of aromatic nitrogens is 1. The lowest BCUT2D eigenvalue weighted by molar-refractivity contribution is 0.173. The molecule has 0 fully saturated rings. The summed E-state index contributed by atoms with van der Waals surface area (Å²) in [5.41, 5.74) is 2.17. The molecule has 1 aliphatic rings. The Morgan fingerprint density at radius 1 is 1.37 bits per heavy atom. The number of hydrogen-bond donors (Lipinski definition) is 1. The maximum atomic E-state index is 5.48. The average molecular weight is 321 g/mol. The fourth-order valence-electron chi connectivity index (χ4n) is 2.03. The number of benzene rings is 1. The Bertz CT molecular complexity index is 616. The van der Waals surface area contributed by atoms with Crippen molar-refractivity contribution in [1.82, 2.24) is 4.98 Å². The highest BCUT2D eigenvalue weighted by atomic mass is 79.9. The molecule has 0 atom stereocenters. The summed E-state index contributed by atoms with van der Waals surface area (Å²) in [6, 6.07) is 7.93. The van der Waals surface area contributed by atoms with Gasteiger partial charge in [0.25, 0.3) is 0 Å². The van der Waals surface area contributed by atoms with E-state index in [2.05, 4.69) is 26.2 Å². The van der Waals surface area contributed by atoms with Crippen molar-refractivity contribution in [2.24, 2.45) is 0 Å². The van der Waals surface area contributed by atoms with Crippen LogP contribution in [0.5, 0.6) is 11.5 Å². The third-order valence-corrected chi connectivity index (χ3v) is 3.40. The van der Waals surface area contributed by atoms with Crippen molar-refractivity contribution in [3.8, 4) is 11.5 Å². The third-order valence-electron chi connectivity index (χ3n) is 2.97. The molecule has 19 heavy (non-hydrogen) atoms. The lowest BCUT2D eigenvalue weighted by Crippen LogP contribution is -2.04. The molecule has 98 valence electrons. The van der Waals surface area contributed by atoms with Crippen LogP contribution in [0.4, 0.5) is 5.82 Å². The number of fused-ring (bicyclic) bond motifs is 1. The Morgan fingerprint density at radius 2 is 2.26 bits per heavy atom. The number of pyridine rings is 1. The number of nitrogens with one attached hydrogen (secondary N) is 1. The second-order valence-corrected chi connectivity index (χ2v) is 5.24. The number of aryl methyl sites for hydroxylation is 1. The van der Waals surface area contributed by atoms with E-state index in [-0.39, 0.29) is 0 Å². The fourth-order valence-corrected chi connectivity index (χ4v) is 2.48. The Labute approximate surface area is 119 Å². The number of hydrogen-bond acceptors (Lipinski definition) is 4.